The molecule has 1 amide bonds. The minimum atomic E-state index is 0.0251. The number of pyridine rings is 2. The van der Waals surface area contributed by atoms with E-state index in [4.69, 9.17) is 32.0 Å². The number of aryl methyl sites for hydroxylation is 4. The molecule has 2 bridgehead atoms. The number of imidazole rings is 1. The summed E-state index contributed by atoms with van der Waals surface area (Å²) >= 11 is 6.19. The Bertz CT molecular complexity index is 2050. The Hall–Kier alpha value is -3.95. The van der Waals surface area contributed by atoms with Crippen molar-refractivity contribution < 1.29 is 9.53 Å². The summed E-state index contributed by atoms with van der Waals surface area (Å²) in [7, 11) is 1.69. The Morgan fingerprint density at radius 2 is 1.84 bits per heavy atom. The molecule has 3 fully saturated rings. The maximum Gasteiger partial charge on any atom is 0.254 e. The molecule has 2 saturated carbocycles. The number of ether oxygens (including phenoxy) is 1. The zero-order valence-electron chi connectivity index (χ0n) is 28.8. The number of piperidine rings is 1. The van der Waals surface area contributed by atoms with Crippen molar-refractivity contribution in [2.24, 2.45) is 11.7 Å². The number of fused-ring (bicyclic) bond motifs is 4. The average Bonchev–Trinajstić information content (AvgIpc) is 3.58. The van der Waals surface area contributed by atoms with Crippen molar-refractivity contribution in [1.29, 1.82) is 0 Å². The maximum absolute atomic E-state index is 14.0. The van der Waals surface area contributed by atoms with Crippen molar-refractivity contribution in [2.75, 3.05) is 13.7 Å². The first-order valence-corrected chi connectivity index (χ1v) is 18.5. The van der Waals surface area contributed by atoms with E-state index >= 15 is 0 Å². The first-order valence-electron chi connectivity index (χ1n) is 18.1. The van der Waals surface area contributed by atoms with Crippen molar-refractivity contribution in [3.63, 3.8) is 0 Å². The summed E-state index contributed by atoms with van der Waals surface area (Å²) < 4.78 is 10.8. The Kier molecular flexibility index (Phi) is 8.60. The van der Waals surface area contributed by atoms with Gasteiger partial charge in [0.1, 0.15) is 22.1 Å². The molecule has 10 heteroatoms. The Balaban J connectivity index is 1.15. The molecule has 49 heavy (non-hydrogen) atoms. The molecule has 256 valence electrons. The molecule has 4 aromatic heterocycles. The van der Waals surface area contributed by atoms with Crippen LogP contribution in [0.3, 0.4) is 0 Å². The molecular formula is C39H46ClN7O2. The number of benzene rings is 1. The molecule has 5 aromatic rings. The Morgan fingerprint density at radius 1 is 1.00 bits per heavy atom. The molecule has 8 rings (SSSR count). The topological polar surface area (TPSA) is 104 Å². The number of carbonyl (C=O) groups excluding carboxylic acids is 1. The van der Waals surface area contributed by atoms with E-state index in [9.17, 15) is 4.79 Å². The van der Waals surface area contributed by atoms with Gasteiger partial charge in [0.15, 0.2) is 5.82 Å². The summed E-state index contributed by atoms with van der Waals surface area (Å²) in [5.41, 5.74) is 14.3. The molecule has 5 heterocycles. The molecule has 0 spiro atoms. The number of rotatable bonds is 11. The lowest BCUT2D eigenvalue weighted by molar-refractivity contribution is 0.0603. The van der Waals surface area contributed by atoms with Gasteiger partial charge in [-0.15, -0.1) is 0 Å². The van der Waals surface area contributed by atoms with E-state index < -0.39 is 0 Å². The van der Waals surface area contributed by atoms with Gasteiger partial charge in [0.2, 0.25) is 0 Å². The van der Waals surface area contributed by atoms with Gasteiger partial charge in [0.05, 0.1) is 18.3 Å². The van der Waals surface area contributed by atoms with Crippen LogP contribution in [0.1, 0.15) is 91.6 Å². The predicted molar refractivity (Wildman–Crippen MR) is 194 cm³/mol. The van der Waals surface area contributed by atoms with Gasteiger partial charge in [0, 0.05) is 53.6 Å². The lowest BCUT2D eigenvalue weighted by atomic mass is 9.94. The first-order chi connectivity index (χ1) is 23.8. The Labute approximate surface area is 292 Å². The monoisotopic (exact) mass is 679 g/mol. The molecule has 2 aliphatic carbocycles. The quantitative estimate of drug-likeness (QED) is 0.113. The van der Waals surface area contributed by atoms with E-state index in [0.29, 0.717) is 35.0 Å². The highest BCUT2D eigenvalue weighted by Crippen LogP contribution is 2.45. The number of unbranched alkanes of at least 4 members (excludes halogenated alkanes) is 2. The van der Waals surface area contributed by atoms with Crippen LogP contribution >= 0.6 is 11.6 Å². The summed E-state index contributed by atoms with van der Waals surface area (Å²) in [5.74, 6) is 2.16. The minimum absolute atomic E-state index is 0.0251. The number of nitrogens with zero attached hydrogens (tertiary/aromatic N) is 6. The van der Waals surface area contributed by atoms with Crippen molar-refractivity contribution in [2.45, 2.75) is 103 Å². The molecular weight excluding hydrogens is 634 g/mol. The van der Waals surface area contributed by atoms with Gasteiger partial charge in [-0.1, -0.05) is 31.0 Å². The number of aromatic nitrogens is 5. The largest absolute Gasteiger partial charge is 0.494 e. The lowest BCUT2D eigenvalue weighted by Crippen LogP contribution is -2.51. The first kappa shape index (κ1) is 32.3. The number of likely N-dealkylation sites (tertiary alicyclic amines) is 1. The summed E-state index contributed by atoms with van der Waals surface area (Å²) in [6.45, 7) is 5.68. The zero-order valence-corrected chi connectivity index (χ0v) is 29.5. The van der Waals surface area contributed by atoms with Crippen LogP contribution in [0.2, 0.25) is 5.15 Å². The molecule has 3 atom stereocenters. The normalized spacial score (nSPS) is 20.5. The highest BCUT2D eigenvalue weighted by molar-refractivity contribution is 6.29. The van der Waals surface area contributed by atoms with Crippen molar-refractivity contribution in [3.8, 4) is 17.3 Å². The number of amides is 1. The third-order valence-corrected chi connectivity index (χ3v) is 11.4. The molecule has 0 radical (unpaired) electrons. The molecule has 1 aliphatic heterocycles. The fraction of sp³-hybridized carbons (Fsp3) is 0.487. The van der Waals surface area contributed by atoms with Crippen LogP contribution in [0.5, 0.6) is 5.75 Å². The van der Waals surface area contributed by atoms with Crippen molar-refractivity contribution in [3.05, 3.63) is 70.1 Å². The number of hydrogen-bond donors (Lipinski definition) is 1. The van der Waals surface area contributed by atoms with E-state index in [1.165, 1.54) is 5.56 Å². The van der Waals surface area contributed by atoms with Crippen LogP contribution in [0.4, 0.5) is 0 Å². The van der Waals surface area contributed by atoms with E-state index in [-0.39, 0.29) is 18.0 Å². The molecule has 9 nitrogen and oxygen atoms in total. The second kappa shape index (κ2) is 13.1. The summed E-state index contributed by atoms with van der Waals surface area (Å²) in [6.07, 6.45) is 10.2. The molecule has 1 aromatic carbocycles. The number of carbonyl (C=O) groups is 1. The molecule has 1 saturated heterocycles. The number of nitrogens with two attached hydrogens (primary N) is 1. The zero-order chi connectivity index (χ0) is 33.8. The van der Waals surface area contributed by atoms with Gasteiger partial charge in [-0.25, -0.2) is 15.0 Å². The highest BCUT2D eigenvalue weighted by atomic mass is 35.5. The summed E-state index contributed by atoms with van der Waals surface area (Å²) in [5, 5.41) is 1.66. The second-order valence-electron chi connectivity index (χ2n) is 14.4. The second-order valence-corrected chi connectivity index (χ2v) is 14.8. The van der Waals surface area contributed by atoms with Crippen LogP contribution in [0.25, 0.3) is 33.6 Å². The van der Waals surface area contributed by atoms with Gasteiger partial charge in [-0.2, -0.15) is 0 Å². The summed E-state index contributed by atoms with van der Waals surface area (Å²) in [4.78, 5) is 31.0. The van der Waals surface area contributed by atoms with E-state index in [2.05, 4.69) is 46.2 Å². The van der Waals surface area contributed by atoms with Gasteiger partial charge in [-0.05, 0) is 113 Å². The van der Waals surface area contributed by atoms with Crippen LogP contribution in [-0.2, 0) is 19.4 Å². The number of halogens is 1. The van der Waals surface area contributed by atoms with Crippen LogP contribution in [0.15, 0.2) is 42.5 Å². The van der Waals surface area contributed by atoms with E-state index in [1.807, 2.05) is 29.2 Å². The third-order valence-electron chi connectivity index (χ3n) is 11.1. The predicted octanol–water partition coefficient (Wildman–Crippen LogP) is 7.68. The standard InChI is InChI=1S/C39H46ClN7O2/c1-4-27-12-10-25-20-33(45(37(25)42-27)17-7-5-6-8-31-23(2)9-16-35(40)43-31)38-44-32-19-26(21-34(49-3)36(32)47(38)28-14-15-28)39(48)46-22-30(41)24-11-13-29(46)18-24/h9-10,12,16,19-21,24,28-30H,4-8,11,13-15,17-18,22,41H2,1-3H3. The molecule has 2 N–H and O–H groups in total. The van der Waals surface area contributed by atoms with Crippen molar-refractivity contribution >= 4 is 39.6 Å². The molecule has 3 aliphatic rings. The SMILES string of the molecule is CCc1ccc2cc(-c3nc4cc(C(=O)N5CC(N)C6CCC5C6)cc(OC)c4n3C3CC3)n(CCCCCc3nc(Cl)ccc3C)c2n1. The highest BCUT2D eigenvalue weighted by Gasteiger charge is 2.41. The maximum atomic E-state index is 14.0. The number of hydrogen-bond acceptors (Lipinski definition) is 6. The van der Waals surface area contributed by atoms with Crippen LogP contribution in [-0.4, -0.2) is 60.6 Å². The number of methoxy groups -OCH3 is 1. The van der Waals surface area contributed by atoms with E-state index in [1.54, 1.807) is 7.11 Å². The van der Waals surface area contributed by atoms with E-state index in [0.717, 1.165) is 116 Å². The third kappa shape index (κ3) is 5.99. The average molecular weight is 680 g/mol. The van der Waals surface area contributed by atoms with Gasteiger partial charge >= 0.3 is 0 Å². The minimum Gasteiger partial charge on any atom is -0.494 e. The fourth-order valence-electron chi connectivity index (χ4n) is 8.26. The lowest BCUT2D eigenvalue weighted by Gasteiger charge is -2.37. The van der Waals surface area contributed by atoms with Crippen LogP contribution in [0, 0.1) is 12.8 Å². The Morgan fingerprint density at radius 3 is 2.63 bits per heavy atom. The van der Waals surface area contributed by atoms with Crippen LogP contribution < -0.4 is 10.5 Å². The molecule has 3 unspecified atom stereocenters. The van der Waals surface area contributed by atoms with Gasteiger partial charge in [0.25, 0.3) is 5.91 Å². The van der Waals surface area contributed by atoms with Crippen molar-refractivity contribution in [1.82, 2.24) is 29.0 Å². The van der Waals surface area contributed by atoms with Gasteiger partial charge in [-0.3, -0.25) is 4.79 Å². The fourth-order valence-corrected chi connectivity index (χ4v) is 8.42. The summed E-state index contributed by atoms with van der Waals surface area (Å²) in [6, 6.07) is 15.0. The smallest absolute Gasteiger partial charge is 0.254 e. The van der Waals surface area contributed by atoms with Gasteiger partial charge < -0.3 is 24.5 Å².